The summed E-state index contributed by atoms with van der Waals surface area (Å²) in [6, 6.07) is 21.3. The van der Waals surface area contributed by atoms with Gasteiger partial charge in [0.15, 0.2) is 0 Å². The number of amides is 1. The first kappa shape index (κ1) is 19.4. The zero-order valence-corrected chi connectivity index (χ0v) is 16.4. The van der Waals surface area contributed by atoms with Crippen molar-refractivity contribution in [2.75, 3.05) is 18.5 Å². The van der Waals surface area contributed by atoms with Crippen LogP contribution in [0.4, 0.5) is 5.69 Å². The number of carbonyl (C=O) groups is 1. The number of para-hydroxylation sites is 1. The summed E-state index contributed by atoms with van der Waals surface area (Å²) in [5.74, 6) is -0.370. The molecule has 0 aliphatic carbocycles. The van der Waals surface area contributed by atoms with Crippen LogP contribution in [0.15, 0.2) is 71.5 Å². The molecule has 0 aliphatic heterocycles. The highest BCUT2D eigenvalue weighted by atomic mass is 16.2. The molecule has 0 saturated carbocycles. The number of aryl methyl sites for hydroxylation is 1. The van der Waals surface area contributed by atoms with Gasteiger partial charge in [-0.15, -0.1) is 0 Å². The number of benzene rings is 2. The summed E-state index contributed by atoms with van der Waals surface area (Å²) in [6.45, 7) is 4.46. The van der Waals surface area contributed by atoms with E-state index < -0.39 is 0 Å². The second-order valence-corrected chi connectivity index (χ2v) is 6.99. The summed E-state index contributed by atoms with van der Waals surface area (Å²) in [7, 11) is 1.98. The molecule has 3 rings (SSSR count). The summed E-state index contributed by atoms with van der Waals surface area (Å²) in [6.07, 6.45) is 0. The Morgan fingerprint density at radius 2 is 1.82 bits per heavy atom. The monoisotopic (exact) mass is 375 g/mol. The molecule has 0 spiro atoms. The third-order valence-electron chi connectivity index (χ3n) is 4.87. The number of pyridine rings is 1. The number of anilines is 1. The minimum atomic E-state index is -0.388. The predicted octanol–water partition coefficient (Wildman–Crippen LogP) is 3.61. The van der Waals surface area contributed by atoms with Gasteiger partial charge in [0.2, 0.25) is 0 Å². The maximum atomic E-state index is 12.5. The van der Waals surface area contributed by atoms with Gasteiger partial charge in [-0.2, -0.15) is 0 Å². The number of rotatable bonds is 6. The van der Waals surface area contributed by atoms with Crippen molar-refractivity contribution in [3.8, 4) is 11.3 Å². The van der Waals surface area contributed by atoms with Crippen molar-refractivity contribution in [1.29, 1.82) is 0 Å². The number of carbonyl (C=O) groups excluding carboxylic acids is 1. The maximum Gasteiger partial charge on any atom is 0.261 e. The van der Waals surface area contributed by atoms with Crippen LogP contribution in [0.25, 0.3) is 11.3 Å². The Balaban J connectivity index is 1.67. The van der Waals surface area contributed by atoms with Crippen LogP contribution in [-0.4, -0.2) is 30.5 Å². The highest BCUT2D eigenvalue weighted by Crippen LogP contribution is 2.17. The van der Waals surface area contributed by atoms with E-state index in [9.17, 15) is 9.59 Å². The van der Waals surface area contributed by atoms with Crippen LogP contribution in [0, 0.1) is 6.92 Å². The highest BCUT2D eigenvalue weighted by Gasteiger charge is 2.15. The second kappa shape index (κ2) is 8.57. The van der Waals surface area contributed by atoms with E-state index in [0.29, 0.717) is 12.2 Å². The zero-order valence-electron chi connectivity index (χ0n) is 16.4. The number of nitrogens with zero attached hydrogens (tertiary/aromatic N) is 1. The maximum absolute atomic E-state index is 12.5. The summed E-state index contributed by atoms with van der Waals surface area (Å²) in [5, 5.41) is 2.86. The average molecular weight is 375 g/mol. The van der Waals surface area contributed by atoms with Gasteiger partial charge in [0, 0.05) is 31.0 Å². The Labute approximate surface area is 165 Å². The molecule has 0 aliphatic rings. The minimum Gasteiger partial charge on any atom is -0.370 e. The fourth-order valence-corrected chi connectivity index (χ4v) is 3.02. The fraction of sp³-hybridized carbons (Fsp3) is 0.217. The number of hydrogen-bond acceptors (Lipinski definition) is 3. The molecule has 2 N–H and O–H groups in total. The number of aromatic amines is 1. The van der Waals surface area contributed by atoms with E-state index in [1.165, 1.54) is 0 Å². The van der Waals surface area contributed by atoms with Gasteiger partial charge in [0.05, 0.1) is 0 Å². The molecule has 3 aromatic rings. The van der Waals surface area contributed by atoms with Gasteiger partial charge in [-0.25, -0.2) is 0 Å². The molecule has 1 unspecified atom stereocenters. The van der Waals surface area contributed by atoms with Crippen LogP contribution in [0.3, 0.4) is 0 Å². The lowest BCUT2D eigenvalue weighted by Gasteiger charge is -2.27. The van der Waals surface area contributed by atoms with Crippen LogP contribution < -0.4 is 15.8 Å². The number of likely N-dealkylation sites (N-methyl/N-ethyl adjacent to an activating group) is 1. The van der Waals surface area contributed by atoms with E-state index in [1.807, 2.05) is 75.5 Å². The summed E-state index contributed by atoms with van der Waals surface area (Å²) in [4.78, 5) is 29.8. The number of aromatic nitrogens is 1. The van der Waals surface area contributed by atoms with E-state index in [1.54, 1.807) is 12.1 Å². The molecular formula is C23H25N3O2. The molecule has 0 fully saturated rings. The summed E-state index contributed by atoms with van der Waals surface area (Å²) < 4.78 is 0. The lowest BCUT2D eigenvalue weighted by molar-refractivity contribution is 0.0950. The van der Waals surface area contributed by atoms with Crippen molar-refractivity contribution in [3.63, 3.8) is 0 Å². The number of hydrogen-bond donors (Lipinski definition) is 2. The second-order valence-electron chi connectivity index (χ2n) is 6.99. The van der Waals surface area contributed by atoms with Crippen molar-refractivity contribution in [3.05, 3.63) is 88.2 Å². The van der Waals surface area contributed by atoms with Crippen molar-refractivity contribution < 1.29 is 4.79 Å². The van der Waals surface area contributed by atoms with Gasteiger partial charge in [0.25, 0.3) is 11.5 Å². The Morgan fingerprint density at radius 3 is 2.50 bits per heavy atom. The number of H-pyrrole nitrogens is 1. The molecule has 0 saturated heterocycles. The third kappa shape index (κ3) is 4.49. The molecule has 1 amide bonds. The lowest BCUT2D eigenvalue weighted by Crippen LogP contribution is -2.41. The highest BCUT2D eigenvalue weighted by molar-refractivity contribution is 5.94. The number of nitrogens with one attached hydrogen (secondary N) is 2. The largest absolute Gasteiger partial charge is 0.370 e. The first-order valence-corrected chi connectivity index (χ1v) is 9.32. The van der Waals surface area contributed by atoms with E-state index in [4.69, 9.17) is 0 Å². The van der Waals surface area contributed by atoms with E-state index in [2.05, 4.69) is 15.2 Å². The standard InChI is InChI=1S/C23H25N3O2/c1-16-8-7-9-18(14-16)21-13-12-20(23(28)25-21)22(27)24-15-17(2)26(3)19-10-5-4-6-11-19/h4-14,17H,15H2,1-3H3,(H,24,27)(H,25,28). The SMILES string of the molecule is Cc1cccc(-c2ccc(C(=O)NCC(C)N(C)c3ccccc3)c(=O)[nH]2)c1. The molecule has 0 bridgehead atoms. The quantitative estimate of drug-likeness (QED) is 0.692. The van der Waals surface area contributed by atoms with Gasteiger partial charge in [-0.3, -0.25) is 9.59 Å². The molecule has 28 heavy (non-hydrogen) atoms. The van der Waals surface area contributed by atoms with Crippen LogP contribution in [0.2, 0.25) is 0 Å². The normalized spacial score (nSPS) is 11.7. The Kier molecular flexibility index (Phi) is 5.94. The predicted molar refractivity (Wildman–Crippen MR) is 114 cm³/mol. The molecule has 1 heterocycles. The fourth-order valence-electron chi connectivity index (χ4n) is 3.02. The Bertz CT molecular complexity index is 1010. The van der Waals surface area contributed by atoms with Gasteiger partial charge < -0.3 is 15.2 Å². The third-order valence-corrected chi connectivity index (χ3v) is 4.87. The van der Waals surface area contributed by atoms with Gasteiger partial charge in [-0.1, -0.05) is 42.0 Å². The minimum absolute atomic E-state index is 0.0806. The smallest absolute Gasteiger partial charge is 0.261 e. The first-order chi connectivity index (χ1) is 13.5. The summed E-state index contributed by atoms with van der Waals surface area (Å²) >= 11 is 0. The molecular weight excluding hydrogens is 350 g/mol. The molecule has 0 radical (unpaired) electrons. The van der Waals surface area contributed by atoms with E-state index in [0.717, 1.165) is 16.8 Å². The van der Waals surface area contributed by atoms with Gasteiger partial charge in [0.1, 0.15) is 5.56 Å². The van der Waals surface area contributed by atoms with Crippen LogP contribution in [0.5, 0.6) is 0 Å². The molecule has 2 aromatic carbocycles. The lowest BCUT2D eigenvalue weighted by atomic mass is 10.1. The first-order valence-electron chi connectivity index (χ1n) is 9.32. The van der Waals surface area contributed by atoms with Gasteiger partial charge >= 0.3 is 0 Å². The van der Waals surface area contributed by atoms with Crippen molar-refractivity contribution in [2.45, 2.75) is 19.9 Å². The average Bonchev–Trinajstić information content (AvgIpc) is 2.71. The molecule has 1 aromatic heterocycles. The summed E-state index contributed by atoms with van der Waals surface area (Å²) in [5.41, 5.74) is 3.53. The molecule has 1 atom stereocenters. The molecule has 5 nitrogen and oxygen atoms in total. The molecule has 144 valence electrons. The van der Waals surface area contributed by atoms with Crippen molar-refractivity contribution in [2.24, 2.45) is 0 Å². The zero-order chi connectivity index (χ0) is 20.1. The topological polar surface area (TPSA) is 65.2 Å². The van der Waals surface area contributed by atoms with E-state index in [-0.39, 0.29) is 23.1 Å². The van der Waals surface area contributed by atoms with Crippen LogP contribution in [0.1, 0.15) is 22.8 Å². The van der Waals surface area contributed by atoms with Gasteiger partial charge in [-0.05, 0) is 49.7 Å². The van der Waals surface area contributed by atoms with Crippen molar-refractivity contribution >= 4 is 11.6 Å². The van der Waals surface area contributed by atoms with E-state index >= 15 is 0 Å². The van der Waals surface area contributed by atoms with Crippen LogP contribution >= 0.6 is 0 Å². The van der Waals surface area contributed by atoms with Crippen molar-refractivity contribution in [1.82, 2.24) is 10.3 Å². The molecule has 5 heteroatoms. The Morgan fingerprint density at radius 1 is 1.07 bits per heavy atom. The Hall–Kier alpha value is -3.34. The van der Waals surface area contributed by atoms with Crippen LogP contribution in [-0.2, 0) is 0 Å².